The highest BCUT2D eigenvalue weighted by Gasteiger charge is 2.48. The minimum atomic E-state index is -0.314. The van der Waals surface area contributed by atoms with Gasteiger partial charge in [-0.2, -0.15) is 0 Å². The van der Waals surface area contributed by atoms with Crippen LogP contribution in [0.3, 0.4) is 0 Å². The standard InChI is InChI=1S/C19H18FN3O2/c20-14-5-3-13(4-6-14)10-18(24)22-9-7-16-17(22)11-19(25)23(16)15-2-1-8-21-12-15/h1-6,8,12,16-17H,7,9-11H2. The average molecular weight is 339 g/mol. The number of carbonyl (C=O) groups is 2. The Morgan fingerprint density at radius 2 is 2.00 bits per heavy atom. The number of carbonyl (C=O) groups excluding carboxylic acids is 2. The molecule has 1 aromatic heterocycles. The van der Waals surface area contributed by atoms with Crippen LogP contribution in [0.4, 0.5) is 10.1 Å². The van der Waals surface area contributed by atoms with Crippen molar-refractivity contribution >= 4 is 17.5 Å². The summed E-state index contributed by atoms with van der Waals surface area (Å²) >= 11 is 0. The number of halogens is 1. The van der Waals surface area contributed by atoms with E-state index in [9.17, 15) is 14.0 Å². The quantitative estimate of drug-likeness (QED) is 0.861. The Kier molecular flexibility index (Phi) is 3.95. The average Bonchev–Trinajstić information content (AvgIpc) is 3.15. The third-order valence-electron chi connectivity index (χ3n) is 5.01. The van der Waals surface area contributed by atoms with Gasteiger partial charge in [0.1, 0.15) is 5.82 Å². The van der Waals surface area contributed by atoms with Crippen molar-refractivity contribution in [3.05, 3.63) is 60.2 Å². The van der Waals surface area contributed by atoms with Crippen LogP contribution in [0.5, 0.6) is 0 Å². The lowest BCUT2D eigenvalue weighted by atomic mass is 10.1. The lowest BCUT2D eigenvalue weighted by Crippen LogP contribution is -2.40. The van der Waals surface area contributed by atoms with E-state index >= 15 is 0 Å². The molecule has 25 heavy (non-hydrogen) atoms. The first-order chi connectivity index (χ1) is 12.1. The second-order valence-electron chi connectivity index (χ2n) is 6.49. The first-order valence-electron chi connectivity index (χ1n) is 8.39. The number of likely N-dealkylation sites (tertiary alicyclic amines) is 1. The second kappa shape index (κ2) is 6.27. The van der Waals surface area contributed by atoms with Crippen molar-refractivity contribution in [1.29, 1.82) is 0 Å². The second-order valence-corrected chi connectivity index (χ2v) is 6.49. The van der Waals surface area contributed by atoms with Gasteiger partial charge in [0.2, 0.25) is 11.8 Å². The van der Waals surface area contributed by atoms with Gasteiger partial charge in [-0.1, -0.05) is 12.1 Å². The zero-order valence-corrected chi connectivity index (χ0v) is 13.6. The molecule has 0 radical (unpaired) electrons. The molecule has 6 heteroatoms. The van der Waals surface area contributed by atoms with E-state index in [1.54, 1.807) is 29.4 Å². The first-order valence-corrected chi connectivity index (χ1v) is 8.39. The summed E-state index contributed by atoms with van der Waals surface area (Å²) in [5.74, 6) is -0.298. The van der Waals surface area contributed by atoms with Crippen LogP contribution >= 0.6 is 0 Å². The number of nitrogens with zero attached hydrogens (tertiary/aromatic N) is 3. The van der Waals surface area contributed by atoms with Gasteiger partial charge in [0, 0.05) is 19.2 Å². The van der Waals surface area contributed by atoms with Gasteiger partial charge >= 0.3 is 0 Å². The summed E-state index contributed by atoms with van der Waals surface area (Å²) in [4.78, 5) is 32.8. The minimum absolute atomic E-state index is 0.00821. The van der Waals surface area contributed by atoms with Gasteiger partial charge in [0.05, 0.1) is 30.4 Å². The molecule has 0 bridgehead atoms. The molecule has 0 aliphatic carbocycles. The highest BCUT2D eigenvalue weighted by atomic mass is 19.1. The van der Waals surface area contributed by atoms with Crippen molar-refractivity contribution < 1.29 is 14.0 Å². The van der Waals surface area contributed by atoms with Gasteiger partial charge in [-0.3, -0.25) is 14.6 Å². The molecule has 2 amide bonds. The van der Waals surface area contributed by atoms with Gasteiger partial charge < -0.3 is 9.80 Å². The Morgan fingerprint density at radius 1 is 1.20 bits per heavy atom. The molecule has 2 atom stereocenters. The molecule has 128 valence electrons. The summed E-state index contributed by atoms with van der Waals surface area (Å²) in [6, 6.07) is 9.57. The van der Waals surface area contributed by atoms with Crippen LogP contribution in [0, 0.1) is 5.82 Å². The number of pyridine rings is 1. The largest absolute Gasteiger partial charge is 0.337 e. The summed E-state index contributed by atoms with van der Waals surface area (Å²) in [6.07, 6.45) is 4.69. The Bertz CT molecular complexity index is 794. The van der Waals surface area contributed by atoms with Crippen LogP contribution in [0.1, 0.15) is 18.4 Å². The van der Waals surface area contributed by atoms with E-state index in [4.69, 9.17) is 0 Å². The smallest absolute Gasteiger partial charge is 0.229 e. The van der Waals surface area contributed by atoms with Gasteiger partial charge in [-0.15, -0.1) is 0 Å². The summed E-state index contributed by atoms with van der Waals surface area (Å²) < 4.78 is 13.0. The highest BCUT2D eigenvalue weighted by molar-refractivity contribution is 5.98. The van der Waals surface area contributed by atoms with Crippen LogP contribution in [-0.4, -0.2) is 40.3 Å². The van der Waals surface area contributed by atoms with Gasteiger partial charge in [-0.25, -0.2) is 4.39 Å². The Hall–Kier alpha value is -2.76. The van der Waals surface area contributed by atoms with Crippen molar-refractivity contribution in [3.8, 4) is 0 Å². The molecule has 0 saturated carbocycles. The Morgan fingerprint density at radius 3 is 2.72 bits per heavy atom. The summed E-state index contributed by atoms with van der Waals surface area (Å²) in [6.45, 7) is 0.638. The van der Waals surface area contributed by atoms with E-state index < -0.39 is 0 Å². The lowest BCUT2D eigenvalue weighted by Gasteiger charge is -2.25. The molecule has 2 saturated heterocycles. The normalized spacial score (nSPS) is 22.4. The number of fused-ring (bicyclic) bond motifs is 1. The number of hydrogen-bond acceptors (Lipinski definition) is 3. The lowest BCUT2D eigenvalue weighted by molar-refractivity contribution is -0.131. The molecule has 2 aliphatic heterocycles. The van der Waals surface area contributed by atoms with Gasteiger partial charge in [0.25, 0.3) is 0 Å². The molecule has 1 aromatic carbocycles. The third-order valence-corrected chi connectivity index (χ3v) is 5.01. The molecule has 5 nitrogen and oxygen atoms in total. The Labute approximate surface area is 145 Å². The Balaban J connectivity index is 1.50. The van der Waals surface area contributed by atoms with E-state index in [0.717, 1.165) is 17.7 Å². The van der Waals surface area contributed by atoms with E-state index in [0.29, 0.717) is 13.0 Å². The molecule has 0 N–H and O–H groups in total. The summed E-state index contributed by atoms with van der Waals surface area (Å²) in [7, 11) is 0. The maximum Gasteiger partial charge on any atom is 0.229 e. The fraction of sp³-hybridized carbons (Fsp3) is 0.316. The van der Waals surface area contributed by atoms with Crippen LogP contribution in [0.15, 0.2) is 48.8 Å². The summed E-state index contributed by atoms with van der Waals surface area (Å²) in [5, 5.41) is 0. The number of rotatable bonds is 3. The molecular formula is C19H18FN3O2. The van der Waals surface area contributed by atoms with Crippen molar-refractivity contribution in [3.63, 3.8) is 0 Å². The number of hydrogen-bond donors (Lipinski definition) is 0. The maximum absolute atomic E-state index is 13.0. The molecular weight excluding hydrogens is 321 g/mol. The van der Waals surface area contributed by atoms with Crippen molar-refractivity contribution in [1.82, 2.24) is 9.88 Å². The molecule has 4 rings (SSSR count). The maximum atomic E-state index is 13.0. The zero-order chi connectivity index (χ0) is 17.4. The summed E-state index contributed by atoms with van der Waals surface area (Å²) in [5.41, 5.74) is 1.57. The fourth-order valence-corrected chi connectivity index (χ4v) is 3.87. The topological polar surface area (TPSA) is 53.5 Å². The first kappa shape index (κ1) is 15.7. The van der Waals surface area contributed by atoms with Crippen LogP contribution in [-0.2, 0) is 16.0 Å². The van der Waals surface area contributed by atoms with E-state index in [1.807, 2.05) is 17.0 Å². The van der Waals surface area contributed by atoms with E-state index in [-0.39, 0.29) is 36.1 Å². The molecule has 2 aromatic rings. The van der Waals surface area contributed by atoms with Crippen LogP contribution < -0.4 is 4.90 Å². The van der Waals surface area contributed by atoms with Crippen LogP contribution in [0.25, 0.3) is 0 Å². The van der Waals surface area contributed by atoms with Crippen molar-refractivity contribution in [2.24, 2.45) is 0 Å². The minimum Gasteiger partial charge on any atom is -0.337 e. The third kappa shape index (κ3) is 2.88. The molecule has 2 unspecified atom stereocenters. The molecule has 0 spiro atoms. The number of anilines is 1. The number of amides is 2. The molecule has 2 aliphatic rings. The SMILES string of the molecule is O=C(Cc1ccc(F)cc1)N1CCC2C1CC(=O)N2c1cccnc1. The number of aromatic nitrogens is 1. The van der Waals surface area contributed by atoms with E-state index in [2.05, 4.69) is 4.98 Å². The van der Waals surface area contributed by atoms with Gasteiger partial charge in [-0.05, 0) is 36.2 Å². The predicted octanol–water partition coefficient (Wildman–Crippen LogP) is 2.17. The highest BCUT2D eigenvalue weighted by Crippen LogP contribution is 2.35. The van der Waals surface area contributed by atoms with E-state index in [1.165, 1.54) is 12.1 Å². The molecule has 2 fully saturated rings. The monoisotopic (exact) mass is 339 g/mol. The fourth-order valence-electron chi connectivity index (χ4n) is 3.87. The predicted molar refractivity (Wildman–Crippen MR) is 90.4 cm³/mol. The van der Waals surface area contributed by atoms with Crippen LogP contribution in [0.2, 0.25) is 0 Å². The van der Waals surface area contributed by atoms with Crippen molar-refractivity contribution in [2.45, 2.75) is 31.3 Å². The van der Waals surface area contributed by atoms with Gasteiger partial charge in [0.15, 0.2) is 0 Å². The zero-order valence-electron chi connectivity index (χ0n) is 13.6. The van der Waals surface area contributed by atoms with Crippen molar-refractivity contribution in [2.75, 3.05) is 11.4 Å². The molecule has 3 heterocycles. The number of benzene rings is 1.